The van der Waals surface area contributed by atoms with E-state index in [9.17, 15) is 14.0 Å². The number of carbonyl (C=O) groups is 2. The summed E-state index contributed by atoms with van der Waals surface area (Å²) in [6.45, 7) is 0.889. The first-order valence-corrected chi connectivity index (χ1v) is 8.37. The van der Waals surface area contributed by atoms with Gasteiger partial charge in [-0.15, -0.1) is 0 Å². The third-order valence-electron chi connectivity index (χ3n) is 3.89. The summed E-state index contributed by atoms with van der Waals surface area (Å²) in [7, 11) is 0. The van der Waals surface area contributed by atoms with Gasteiger partial charge in [0, 0.05) is 19.6 Å². The molecule has 2 amide bonds. The van der Waals surface area contributed by atoms with Crippen LogP contribution in [-0.2, 0) is 16.1 Å². The Balaban J connectivity index is 1.38. The maximum absolute atomic E-state index is 13.5. The number of nitrogens with one attached hydrogen (secondary N) is 2. The van der Waals surface area contributed by atoms with Crippen LogP contribution in [0.5, 0.6) is 0 Å². The number of benzene rings is 1. The summed E-state index contributed by atoms with van der Waals surface area (Å²) < 4.78 is 24.0. The van der Waals surface area contributed by atoms with Gasteiger partial charge in [-0.25, -0.2) is 4.39 Å². The zero-order chi connectivity index (χ0) is 18.4. The van der Waals surface area contributed by atoms with Gasteiger partial charge in [-0.1, -0.05) is 17.3 Å². The molecule has 1 saturated heterocycles. The van der Waals surface area contributed by atoms with Crippen molar-refractivity contribution in [2.24, 2.45) is 0 Å². The quantitative estimate of drug-likeness (QED) is 0.773. The Morgan fingerprint density at radius 2 is 2.12 bits per heavy atom. The third kappa shape index (κ3) is 4.63. The van der Waals surface area contributed by atoms with Crippen molar-refractivity contribution < 1.29 is 23.2 Å². The van der Waals surface area contributed by atoms with Gasteiger partial charge in [-0.2, -0.15) is 4.98 Å². The molecule has 0 aliphatic carbocycles. The molecule has 1 aromatic heterocycles. The molecule has 0 radical (unpaired) electrons. The molecule has 2 aromatic rings. The van der Waals surface area contributed by atoms with E-state index >= 15 is 0 Å². The first-order valence-electron chi connectivity index (χ1n) is 8.37. The van der Waals surface area contributed by atoms with Crippen molar-refractivity contribution in [2.75, 3.05) is 13.2 Å². The van der Waals surface area contributed by atoms with E-state index in [1.165, 1.54) is 18.2 Å². The number of hydrogen-bond acceptors (Lipinski definition) is 6. The van der Waals surface area contributed by atoms with Gasteiger partial charge in [0.25, 0.3) is 11.8 Å². The SMILES string of the molecule is O=C(CCNC(=O)c1ccccc1F)NCc1noc(C2CCCO2)n1. The third-order valence-corrected chi connectivity index (χ3v) is 3.89. The summed E-state index contributed by atoms with van der Waals surface area (Å²) in [4.78, 5) is 27.8. The molecule has 0 spiro atoms. The Labute approximate surface area is 149 Å². The van der Waals surface area contributed by atoms with Gasteiger partial charge in [0.1, 0.15) is 11.9 Å². The molecule has 26 heavy (non-hydrogen) atoms. The molecular weight excluding hydrogens is 343 g/mol. The molecule has 2 heterocycles. The standard InChI is InChI=1S/C17H19FN4O4/c18-12-5-2-1-4-11(12)16(24)19-8-7-15(23)20-10-14-21-17(26-22-14)13-6-3-9-25-13/h1-2,4-5,13H,3,6-10H2,(H,19,24)(H,20,23). The van der Waals surface area contributed by atoms with Gasteiger partial charge in [-0.05, 0) is 25.0 Å². The lowest BCUT2D eigenvalue weighted by molar-refractivity contribution is -0.121. The molecule has 1 aromatic carbocycles. The number of rotatable bonds is 7. The maximum Gasteiger partial charge on any atom is 0.255 e. The Morgan fingerprint density at radius 1 is 1.27 bits per heavy atom. The van der Waals surface area contributed by atoms with Gasteiger partial charge in [0.05, 0.1) is 12.1 Å². The monoisotopic (exact) mass is 362 g/mol. The lowest BCUT2D eigenvalue weighted by Crippen LogP contribution is -2.31. The molecule has 1 aliphatic rings. The number of halogens is 1. The number of nitrogens with zero attached hydrogens (tertiary/aromatic N) is 2. The van der Waals surface area contributed by atoms with Crippen molar-refractivity contribution in [3.05, 3.63) is 47.4 Å². The number of aromatic nitrogens is 2. The minimum atomic E-state index is -0.603. The zero-order valence-corrected chi connectivity index (χ0v) is 14.0. The molecule has 1 fully saturated rings. The Bertz CT molecular complexity index is 774. The molecule has 1 unspecified atom stereocenters. The maximum atomic E-state index is 13.5. The Hall–Kier alpha value is -2.81. The van der Waals surface area contributed by atoms with Crippen molar-refractivity contribution in [3.8, 4) is 0 Å². The highest BCUT2D eigenvalue weighted by molar-refractivity contribution is 5.94. The normalized spacial score (nSPS) is 16.4. The van der Waals surface area contributed by atoms with Crippen LogP contribution in [0, 0.1) is 5.82 Å². The predicted molar refractivity (Wildman–Crippen MR) is 87.4 cm³/mol. The Kier molecular flexibility index (Phi) is 5.90. The smallest absolute Gasteiger partial charge is 0.255 e. The highest BCUT2D eigenvalue weighted by Gasteiger charge is 2.23. The first kappa shape index (κ1) is 18.0. The van der Waals surface area contributed by atoms with Gasteiger partial charge in [0.2, 0.25) is 5.91 Å². The summed E-state index contributed by atoms with van der Waals surface area (Å²) in [6.07, 6.45) is 1.69. The van der Waals surface area contributed by atoms with Crippen LogP contribution < -0.4 is 10.6 Å². The van der Waals surface area contributed by atoms with E-state index in [2.05, 4.69) is 20.8 Å². The van der Waals surface area contributed by atoms with Crippen LogP contribution in [0.25, 0.3) is 0 Å². The minimum absolute atomic E-state index is 0.0522. The van der Waals surface area contributed by atoms with E-state index in [-0.39, 0.29) is 37.1 Å². The average molecular weight is 362 g/mol. The van der Waals surface area contributed by atoms with Crippen LogP contribution in [0.15, 0.2) is 28.8 Å². The largest absolute Gasteiger partial charge is 0.368 e. The highest BCUT2D eigenvalue weighted by Crippen LogP contribution is 2.26. The number of ether oxygens (including phenoxy) is 1. The van der Waals surface area contributed by atoms with Gasteiger partial charge < -0.3 is 19.9 Å². The summed E-state index contributed by atoms with van der Waals surface area (Å²) in [5.41, 5.74) is -0.0543. The van der Waals surface area contributed by atoms with Crippen LogP contribution in [0.4, 0.5) is 4.39 Å². The highest BCUT2D eigenvalue weighted by atomic mass is 19.1. The van der Waals surface area contributed by atoms with E-state index < -0.39 is 11.7 Å². The second-order valence-corrected chi connectivity index (χ2v) is 5.81. The van der Waals surface area contributed by atoms with E-state index in [0.29, 0.717) is 18.3 Å². The van der Waals surface area contributed by atoms with Crippen LogP contribution in [0.2, 0.25) is 0 Å². The Morgan fingerprint density at radius 3 is 2.88 bits per heavy atom. The van der Waals surface area contributed by atoms with Crippen LogP contribution >= 0.6 is 0 Å². The van der Waals surface area contributed by atoms with Gasteiger partial charge in [0.15, 0.2) is 5.82 Å². The summed E-state index contributed by atoms with van der Waals surface area (Å²) in [6, 6.07) is 5.66. The minimum Gasteiger partial charge on any atom is -0.368 e. The molecule has 0 bridgehead atoms. The van der Waals surface area contributed by atoms with E-state index in [1.807, 2.05) is 0 Å². The molecule has 1 aliphatic heterocycles. The van der Waals surface area contributed by atoms with Crippen LogP contribution in [0.3, 0.4) is 0 Å². The first-order chi connectivity index (χ1) is 12.6. The van der Waals surface area contributed by atoms with Crippen molar-refractivity contribution in [1.82, 2.24) is 20.8 Å². The zero-order valence-electron chi connectivity index (χ0n) is 14.0. The average Bonchev–Trinajstić information content (AvgIpc) is 3.31. The number of hydrogen-bond donors (Lipinski definition) is 2. The van der Waals surface area contributed by atoms with E-state index in [1.54, 1.807) is 6.07 Å². The summed E-state index contributed by atoms with van der Waals surface area (Å²) in [5, 5.41) is 8.94. The predicted octanol–water partition coefficient (Wildman–Crippen LogP) is 1.50. The molecule has 138 valence electrons. The molecule has 0 saturated carbocycles. The second kappa shape index (κ2) is 8.52. The molecule has 3 rings (SSSR count). The molecule has 1 atom stereocenters. The number of amides is 2. The van der Waals surface area contributed by atoms with Gasteiger partial charge >= 0.3 is 0 Å². The fourth-order valence-corrected chi connectivity index (χ4v) is 2.54. The fourth-order valence-electron chi connectivity index (χ4n) is 2.54. The number of carbonyl (C=O) groups excluding carboxylic acids is 2. The fraction of sp³-hybridized carbons (Fsp3) is 0.412. The topological polar surface area (TPSA) is 106 Å². The van der Waals surface area contributed by atoms with Crippen molar-refractivity contribution in [2.45, 2.75) is 31.9 Å². The lowest BCUT2D eigenvalue weighted by Gasteiger charge is -2.06. The van der Waals surface area contributed by atoms with Crippen LogP contribution in [-0.4, -0.2) is 35.1 Å². The molecule has 9 heteroatoms. The van der Waals surface area contributed by atoms with E-state index in [4.69, 9.17) is 9.26 Å². The lowest BCUT2D eigenvalue weighted by atomic mass is 10.2. The molecular formula is C17H19FN4O4. The summed E-state index contributed by atoms with van der Waals surface area (Å²) in [5.74, 6) is -0.672. The summed E-state index contributed by atoms with van der Waals surface area (Å²) >= 11 is 0. The van der Waals surface area contributed by atoms with Crippen molar-refractivity contribution in [1.29, 1.82) is 0 Å². The van der Waals surface area contributed by atoms with Crippen molar-refractivity contribution >= 4 is 11.8 Å². The van der Waals surface area contributed by atoms with E-state index in [0.717, 1.165) is 12.8 Å². The van der Waals surface area contributed by atoms with Crippen LogP contribution in [0.1, 0.15) is 47.4 Å². The van der Waals surface area contributed by atoms with Crippen molar-refractivity contribution in [3.63, 3.8) is 0 Å². The molecule has 2 N–H and O–H groups in total. The second-order valence-electron chi connectivity index (χ2n) is 5.81. The van der Waals surface area contributed by atoms with Gasteiger partial charge in [-0.3, -0.25) is 9.59 Å². The molecule has 8 nitrogen and oxygen atoms in total.